The molecule has 0 N–H and O–H groups in total. The summed E-state index contributed by atoms with van der Waals surface area (Å²) in [4.78, 5) is 13.0. The number of nitrogens with zero attached hydrogens (tertiary/aromatic N) is 4. The largest absolute Gasteiger partial charge is 0.493 e. The van der Waals surface area contributed by atoms with Gasteiger partial charge in [0.25, 0.3) is 5.56 Å². The molecule has 0 aliphatic carbocycles. The molecular weight excluding hydrogens is 440 g/mol. The third kappa shape index (κ3) is 4.25. The number of aryl methyl sites for hydroxylation is 1. The number of nitriles is 1. The van der Waals surface area contributed by atoms with Crippen LogP contribution in [0, 0.1) is 11.3 Å². The minimum absolute atomic E-state index is 0.158. The highest BCUT2D eigenvalue weighted by Crippen LogP contribution is 2.36. The number of hydrogen-bond acceptors (Lipinski definition) is 6. The van der Waals surface area contributed by atoms with E-state index in [4.69, 9.17) is 10.00 Å². The highest BCUT2D eigenvalue weighted by molar-refractivity contribution is 7.90. The maximum Gasteiger partial charge on any atom is 0.258 e. The molecular formula is C24H22N4O4S. The monoisotopic (exact) mass is 462 g/mol. The molecule has 2 aromatic carbocycles. The van der Waals surface area contributed by atoms with Crippen LogP contribution < -0.4 is 10.3 Å². The minimum Gasteiger partial charge on any atom is -0.493 e. The number of fused-ring (bicyclic) bond motifs is 1. The number of rotatable bonds is 6. The van der Waals surface area contributed by atoms with Crippen molar-refractivity contribution in [1.82, 2.24) is 14.3 Å². The lowest BCUT2D eigenvalue weighted by molar-refractivity contribution is 0.318. The summed E-state index contributed by atoms with van der Waals surface area (Å²) >= 11 is 0. The van der Waals surface area contributed by atoms with Crippen molar-refractivity contribution in [3.8, 4) is 28.6 Å². The van der Waals surface area contributed by atoms with Gasteiger partial charge in [0.05, 0.1) is 29.0 Å². The molecule has 33 heavy (non-hydrogen) atoms. The Kier molecular flexibility index (Phi) is 5.78. The van der Waals surface area contributed by atoms with E-state index >= 15 is 0 Å². The molecule has 9 heteroatoms. The lowest BCUT2D eigenvalue weighted by Gasteiger charge is -2.16. The smallest absolute Gasteiger partial charge is 0.258 e. The van der Waals surface area contributed by atoms with Crippen LogP contribution in [0.15, 0.2) is 64.7 Å². The number of benzene rings is 2. The summed E-state index contributed by atoms with van der Waals surface area (Å²) in [5, 5.41) is 14.4. The Bertz CT molecular complexity index is 1580. The van der Waals surface area contributed by atoms with Gasteiger partial charge in [-0.1, -0.05) is 6.92 Å². The highest BCUT2D eigenvalue weighted by Gasteiger charge is 2.18. The van der Waals surface area contributed by atoms with Crippen LogP contribution in [0.25, 0.3) is 27.6 Å². The lowest BCUT2D eigenvalue weighted by atomic mass is 9.99. The molecule has 0 fully saturated rings. The van der Waals surface area contributed by atoms with Crippen molar-refractivity contribution in [2.45, 2.75) is 18.2 Å². The van der Waals surface area contributed by atoms with Crippen LogP contribution in [0.5, 0.6) is 5.75 Å². The summed E-state index contributed by atoms with van der Waals surface area (Å²) in [6.07, 6.45) is 6.67. The predicted molar refractivity (Wildman–Crippen MR) is 125 cm³/mol. The van der Waals surface area contributed by atoms with Crippen molar-refractivity contribution in [3.05, 3.63) is 70.9 Å². The van der Waals surface area contributed by atoms with Crippen LogP contribution in [0.3, 0.4) is 0 Å². The summed E-state index contributed by atoms with van der Waals surface area (Å²) in [5.74, 6) is 0.528. The van der Waals surface area contributed by atoms with Crippen molar-refractivity contribution >= 4 is 20.6 Å². The van der Waals surface area contributed by atoms with Crippen molar-refractivity contribution in [2.75, 3.05) is 12.9 Å². The normalized spacial score (nSPS) is 11.5. The van der Waals surface area contributed by atoms with E-state index in [1.165, 1.54) is 16.8 Å². The molecule has 0 spiro atoms. The van der Waals surface area contributed by atoms with Crippen molar-refractivity contribution in [1.29, 1.82) is 5.26 Å². The predicted octanol–water partition coefficient (Wildman–Crippen LogP) is 3.46. The Morgan fingerprint density at radius 2 is 1.88 bits per heavy atom. The third-order valence-electron chi connectivity index (χ3n) is 5.27. The first-order chi connectivity index (χ1) is 15.7. The Morgan fingerprint density at radius 3 is 2.55 bits per heavy atom. The molecule has 0 aliphatic heterocycles. The topological polar surface area (TPSA) is 107 Å². The van der Waals surface area contributed by atoms with Gasteiger partial charge < -0.3 is 9.30 Å². The number of hydrogen-bond donors (Lipinski definition) is 0. The fourth-order valence-corrected chi connectivity index (χ4v) is 4.27. The van der Waals surface area contributed by atoms with Crippen LogP contribution in [0.2, 0.25) is 0 Å². The summed E-state index contributed by atoms with van der Waals surface area (Å²) in [7, 11) is -1.81. The average molecular weight is 463 g/mol. The Morgan fingerprint density at radius 1 is 1.09 bits per heavy atom. The quantitative estimate of drug-likeness (QED) is 0.434. The molecule has 0 aliphatic rings. The third-order valence-corrected chi connectivity index (χ3v) is 6.38. The summed E-state index contributed by atoms with van der Waals surface area (Å²) in [5.41, 5.74) is 2.11. The molecule has 4 aromatic rings. The molecule has 0 saturated carbocycles. The fraction of sp³-hybridized carbons (Fsp3) is 0.208. The fourth-order valence-electron chi connectivity index (χ4n) is 3.62. The van der Waals surface area contributed by atoms with Gasteiger partial charge in [-0.3, -0.25) is 4.79 Å². The molecule has 4 rings (SSSR count). The zero-order chi connectivity index (χ0) is 23.8. The molecule has 0 atom stereocenters. The van der Waals surface area contributed by atoms with Crippen LogP contribution in [0.1, 0.15) is 18.9 Å². The van der Waals surface area contributed by atoms with E-state index in [2.05, 4.69) is 5.10 Å². The highest BCUT2D eigenvalue weighted by atomic mass is 32.2. The van der Waals surface area contributed by atoms with Crippen molar-refractivity contribution in [2.24, 2.45) is 7.05 Å². The maximum atomic E-state index is 12.9. The number of pyridine rings is 1. The molecule has 2 aromatic heterocycles. The standard InChI is InChI=1S/C24H22N4O4S/c1-4-9-32-23-8-6-18(33(3,30)31)11-21(23)22-15-27(2)24(29)19-7-5-17(10-20(19)22)28-14-16(12-25)13-26-28/h5-8,10-11,13-15H,4,9H2,1-3H3. The first-order valence-electron chi connectivity index (χ1n) is 10.3. The second-order valence-corrected chi connectivity index (χ2v) is 9.77. The van der Waals surface area contributed by atoms with E-state index in [1.54, 1.807) is 54.5 Å². The molecule has 0 bridgehead atoms. The van der Waals surface area contributed by atoms with Crippen LogP contribution >= 0.6 is 0 Å². The van der Waals surface area contributed by atoms with Gasteiger partial charge >= 0.3 is 0 Å². The Labute approximate surface area is 191 Å². The van der Waals surface area contributed by atoms with E-state index in [9.17, 15) is 13.2 Å². The van der Waals surface area contributed by atoms with Gasteiger partial charge in [0.2, 0.25) is 0 Å². The van der Waals surface area contributed by atoms with E-state index in [0.29, 0.717) is 45.5 Å². The molecule has 0 amide bonds. The number of ether oxygens (including phenoxy) is 1. The van der Waals surface area contributed by atoms with Gasteiger partial charge in [0, 0.05) is 42.2 Å². The van der Waals surface area contributed by atoms with Crippen molar-refractivity contribution in [3.63, 3.8) is 0 Å². The second-order valence-electron chi connectivity index (χ2n) is 7.75. The van der Waals surface area contributed by atoms with Crippen LogP contribution in [-0.2, 0) is 16.9 Å². The van der Waals surface area contributed by atoms with Gasteiger partial charge in [0.1, 0.15) is 11.8 Å². The Hall–Kier alpha value is -3.90. The summed E-state index contributed by atoms with van der Waals surface area (Å²) < 4.78 is 33.5. The molecule has 0 unspecified atom stereocenters. The zero-order valence-electron chi connectivity index (χ0n) is 18.4. The van der Waals surface area contributed by atoms with Gasteiger partial charge in [-0.25, -0.2) is 13.1 Å². The average Bonchev–Trinajstić information content (AvgIpc) is 3.28. The van der Waals surface area contributed by atoms with Gasteiger partial charge in [-0.2, -0.15) is 10.4 Å². The lowest BCUT2D eigenvalue weighted by Crippen LogP contribution is -2.17. The molecule has 0 saturated heterocycles. The maximum absolute atomic E-state index is 12.9. The molecule has 0 radical (unpaired) electrons. The summed E-state index contributed by atoms with van der Waals surface area (Å²) in [6, 6.07) is 12.1. The van der Waals surface area contributed by atoms with Gasteiger partial charge in [0.15, 0.2) is 9.84 Å². The van der Waals surface area contributed by atoms with E-state index in [1.807, 2.05) is 13.0 Å². The minimum atomic E-state index is -3.46. The van der Waals surface area contributed by atoms with Crippen molar-refractivity contribution < 1.29 is 13.2 Å². The molecule has 8 nitrogen and oxygen atoms in total. The molecule has 168 valence electrons. The van der Waals surface area contributed by atoms with E-state index < -0.39 is 9.84 Å². The first kappa shape index (κ1) is 22.3. The van der Waals surface area contributed by atoms with Gasteiger partial charge in [-0.05, 0) is 48.2 Å². The second kappa shape index (κ2) is 8.56. The van der Waals surface area contributed by atoms with Crippen LogP contribution in [0.4, 0.5) is 0 Å². The van der Waals surface area contributed by atoms with Gasteiger partial charge in [-0.15, -0.1) is 0 Å². The number of sulfone groups is 1. The first-order valence-corrected chi connectivity index (χ1v) is 12.2. The SMILES string of the molecule is CCCOc1ccc(S(C)(=O)=O)cc1-c1cn(C)c(=O)c2ccc(-n3cc(C#N)cn3)cc12. The zero-order valence-corrected chi connectivity index (χ0v) is 19.3. The molecule has 2 heterocycles. The summed E-state index contributed by atoms with van der Waals surface area (Å²) in [6.45, 7) is 2.45. The Balaban J connectivity index is 2.04. The number of aromatic nitrogens is 3. The van der Waals surface area contributed by atoms with E-state index in [0.717, 1.165) is 12.7 Å². The van der Waals surface area contributed by atoms with Crippen LogP contribution in [-0.4, -0.2) is 35.6 Å². The van der Waals surface area contributed by atoms with E-state index in [-0.39, 0.29) is 10.5 Å².